The number of carbonyl (C=O) groups excluding carboxylic acids is 3. The van der Waals surface area contributed by atoms with Crippen LogP contribution in [0.2, 0.25) is 5.02 Å². The number of likely N-dealkylation sites (tertiary alicyclic amines) is 1. The molecule has 0 aliphatic carbocycles. The van der Waals surface area contributed by atoms with Gasteiger partial charge in [0.05, 0.1) is 30.5 Å². The van der Waals surface area contributed by atoms with Gasteiger partial charge in [0.15, 0.2) is 5.78 Å². The number of fused-ring (bicyclic) bond motifs is 5. The number of benzene rings is 2. The number of halogens is 1. The Labute approximate surface area is 196 Å². The van der Waals surface area contributed by atoms with Crippen LogP contribution in [0.25, 0.3) is 6.08 Å². The average molecular weight is 463 g/mol. The van der Waals surface area contributed by atoms with Crippen LogP contribution >= 0.6 is 11.6 Å². The second-order valence-corrected chi connectivity index (χ2v) is 9.55. The van der Waals surface area contributed by atoms with E-state index in [1.54, 1.807) is 18.2 Å². The Kier molecular flexibility index (Phi) is 4.89. The van der Waals surface area contributed by atoms with Crippen LogP contribution in [0.1, 0.15) is 28.8 Å². The van der Waals surface area contributed by atoms with Crippen molar-refractivity contribution in [3.05, 3.63) is 70.8 Å². The first kappa shape index (κ1) is 20.6. The fraction of sp³-hybridized carbons (Fsp3) is 0.346. The summed E-state index contributed by atoms with van der Waals surface area (Å²) in [5, 5.41) is 0.595. The molecule has 0 unspecified atom stereocenters. The van der Waals surface area contributed by atoms with Crippen molar-refractivity contribution in [1.29, 1.82) is 0 Å². The lowest BCUT2D eigenvalue weighted by molar-refractivity contribution is -0.142. The highest BCUT2D eigenvalue weighted by Gasteiger charge is 2.64. The number of amides is 2. The van der Waals surface area contributed by atoms with Gasteiger partial charge in [0.1, 0.15) is 6.04 Å². The van der Waals surface area contributed by atoms with Crippen LogP contribution in [0.15, 0.2) is 54.6 Å². The van der Waals surface area contributed by atoms with E-state index in [0.717, 1.165) is 24.1 Å². The summed E-state index contributed by atoms with van der Waals surface area (Å²) < 4.78 is 5.69. The fourth-order valence-electron chi connectivity index (χ4n) is 5.85. The number of nitrogens with zero attached hydrogens (tertiary/aromatic N) is 2. The highest BCUT2D eigenvalue weighted by molar-refractivity contribution is 6.30. The summed E-state index contributed by atoms with van der Waals surface area (Å²) in [7, 11) is 0. The average Bonchev–Trinajstić information content (AvgIpc) is 3.52. The van der Waals surface area contributed by atoms with Gasteiger partial charge in [0.25, 0.3) is 0 Å². The summed E-state index contributed by atoms with van der Waals surface area (Å²) in [5.74, 6) is -1.96. The molecular weight excluding hydrogens is 440 g/mol. The van der Waals surface area contributed by atoms with Crippen LogP contribution in [-0.4, -0.2) is 53.8 Å². The molecule has 2 aromatic rings. The van der Waals surface area contributed by atoms with Gasteiger partial charge in [-0.05, 0) is 36.6 Å². The summed E-state index contributed by atoms with van der Waals surface area (Å²) in [6.07, 6.45) is 5.52. The van der Waals surface area contributed by atoms with Gasteiger partial charge >= 0.3 is 0 Å². The van der Waals surface area contributed by atoms with E-state index >= 15 is 0 Å². The third-order valence-corrected chi connectivity index (χ3v) is 7.53. The minimum absolute atomic E-state index is 0.124. The van der Waals surface area contributed by atoms with Gasteiger partial charge in [-0.25, -0.2) is 0 Å². The molecule has 33 heavy (non-hydrogen) atoms. The number of carbonyl (C=O) groups is 3. The number of anilines is 1. The van der Waals surface area contributed by atoms with Crippen molar-refractivity contribution in [2.24, 2.45) is 11.8 Å². The quantitative estimate of drug-likeness (QED) is 0.513. The summed E-state index contributed by atoms with van der Waals surface area (Å²) in [5.41, 5.74) is 2.23. The van der Waals surface area contributed by atoms with Gasteiger partial charge in [-0.15, -0.1) is 0 Å². The number of hydrogen-bond donors (Lipinski definition) is 0. The maximum absolute atomic E-state index is 13.8. The second kappa shape index (κ2) is 7.82. The number of hydrogen-bond acceptors (Lipinski definition) is 5. The van der Waals surface area contributed by atoms with Crippen molar-refractivity contribution < 1.29 is 19.1 Å². The normalized spacial score (nSPS) is 29.9. The van der Waals surface area contributed by atoms with Gasteiger partial charge in [0.2, 0.25) is 11.8 Å². The van der Waals surface area contributed by atoms with Gasteiger partial charge in [-0.1, -0.05) is 54.1 Å². The molecule has 7 heteroatoms. The van der Waals surface area contributed by atoms with Crippen molar-refractivity contribution in [2.75, 3.05) is 18.1 Å². The monoisotopic (exact) mass is 462 g/mol. The summed E-state index contributed by atoms with van der Waals surface area (Å²) >= 11 is 6.21. The lowest BCUT2D eigenvalue weighted by atomic mass is 9.86. The molecule has 5 atom stereocenters. The van der Waals surface area contributed by atoms with E-state index in [4.69, 9.17) is 16.3 Å². The van der Waals surface area contributed by atoms with Gasteiger partial charge < -0.3 is 9.64 Å². The van der Waals surface area contributed by atoms with E-state index in [1.165, 1.54) is 4.90 Å². The molecule has 0 radical (unpaired) electrons. The van der Waals surface area contributed by atoms with Crippen molar-refractivity contribution in [2.45, 2.75) is 31.0 Å². The van der Waals surface area contributed by atoms with Crippen LogP contribution in [0.3, 0.4) is 0 Å². The van der Waals surface area contributed by atoms with E-state index in [9.17, 15) is 14.4 Å². The maximum atomic E-state index is 13.8. The zero-order valence-electron chi connectivity index (χ0n) is 17.9. The molecule has 3 fully saturated rings. The summed E-state index contributed by atoms with van der Waals surface area (Å²) in [6, 6.07) is 13.4. The molecule has 4 aliphatic rings. The molecule has 4 aliphatic heterocycles. The molecule has 0 bridgehead atoms. The van der Waals surface area contributed by atoms with Crippen LogP contribution in [0, 0.1) is 11.8 Å². The molecule has 2 amide bonds. The topological polar surface area (TPSA) is 66.9 Å². The minimum Gasteiger partial charge on any atom is -0.376 e. The van der Waals surface area contributed by atoms with Gasteiger partial charge in [-0.2, -0.15) is 0 Å². The Morgan fingerprint density at radius 2 is 1.85 bits per heavy atom. The molecule has 0 aromatic heterocycles. The number of ether oxygens (including phenoxy) is 1. The standard InChI is InChI=1S/C26H23ClN2O4/c27-17-9-11-19-16(13-17)8-10-20-21-22(23(29(19)20)24(30)15-5-2-1-3-6-15)26(32)28(25(21)31)14-18-7-4-12-33-18/h1-3,5-6,8-11,13,18,20-23H,4,7,12,14H2/t18-,20+,21-,22+,23-/m0/s1. The smallest absolute Gasteiger partial charge is 0.235 e. The Hall–Kier alpha value is -2.96. The van der Waals surface area contributed by atoms with E-state index in [1.807, 2.05) is 47.4 Å². The molecule has 6 nitrogen and oxygen atoms in total. The van der Waals surface area contributed by atoms with E-state index in [0.29, 0.717) is 17.2 Å². The van der Waals surface area contributed by atoms with Crippen molar-refractivity contribution in [1.82, 2.24) is 4.90 Å². The van der Waals surface area contributed by atoms with E-state index in [2.05, 4.69) is 0 Å². The molecule has 0 saturated carbocycles. The van der Waals surface area contributed by atoms with Gasteiger partial charge in [0, 0.05) is 22.9 Å². The number of imide groups is 1. The van der Waals surface area contributed by atoms with Crippen molar-refractivity contribution >= 4 is 41.0 Å². The third kappa shape index (κ3) is 3.15. The molecule has 0 spiro atoms. The Morgan fingerprint density at radius 3 is 2.61 bits per heavy atom. The predicted molar refractivity (Wildman–Crippen MR) is 124 cm³/mol. The maximum Gasteiger partial charge on any atom is 0.235 e. The SMILES string of the molecule is O=C(c1ccccc1)[C@@H]1[C@@H]2C(=O)N(C[C@@H]3CCCO3)C(=O)[C@H]2[C@H]2C=Cc3cc(Cl)ccc3N21. The van der Waals surface area contributed by atoms with Crippen LogP contribution in [0.4, 0.5) is 5.69 Å². The molecule has 6 rings (SSSR count). The third-order valence-electron chi connectivity index (χ3n) is 7.30. The zero-order chi connectivity index (χ0) is 22.7. The van der Waals surface area contributed by atoms with Crippen LogP contribution < -0.4 is 4.90 Å². The first-order valence-corrected chi connectivity index (χ1v) is 11.7. The Balaban J connectivity index is 1.44. The van der Waals surface area contributed by atoms with Crippen LogP contribution in [0.5, 0.6) is 0 Å². The largest absolute Gasteiger partial charge is 0.376 e. The molecule has 0 N–H and O–H groups in total. The first-order valence-electron chi connectivity index (χ1n) is 11.4. The minimum atomic E-state index is -0.766. The summed E-state index contributed by atoms with van der Waals surface area (Å²) in [4.78, 5) is 44.4. The number of Topliss-reactive ketones (excluding diaryl/α,β-unsaturated/α-hetero) is 1. The van der Waals surface area contributed by atoms with E-state index < -0.39 is 17.9 Å². The van der Waals surface area contributed by atoms with Crippen molar-refractivity contribution in [3.63, 3.8) is 0 Å². The van der Waals surface area contributed by atoms with Crippen LogP contribution in [-0.2, 0) is 14.3 Å². The lowest BCUT2D eigenvalue weighted by Gasteiger charge is -2.36. The first-order chi connectivity index (χ1) is 16.0. The Bertz CT molecular complexity index is 1170. The lowest BCUT2D eigenvalue weighted by Crippen LogP contribution is -2.49. The van der Waals surface area contributed by atoms with Gasteiger partial charge in [-0.3, -0.25) is 19.3 Å². The molecule has 3 saturated heterocycles. The highest BCUT2D eigenvalue weighted by atomic mass is 35.5. The zero-order valence-corrected chi connectivity index (χ0v) is 18.6. The second-order valence-electron chi connectivity index (χ2n) is 9.11. The number of ketones is 1. The molecule has 4 heterocycles. The molecular formula is C26H23ClN2O4. The number of rotatable bonds is 4. The fourth-order valence-corrected chi connectivity index (χ4v) is 6.03. The highest BCUT2D eigenvalue weighted by Crippen LogP contribution is 2.49. The Morgan fingerprint density at radius 1 is 1.06 bits per heavy atom. The van der Waals surface area contributed by atoms with Crippen molar-refractivity contribution in [3.8, 4) is 0 Å². The molecule has 2 aromatic carbocycles. The summed E-state index contributed by atoms with van der Waals surface area (Å²) in [6.45, 7) is 0.918. The predicted octanol–water partition coefficient (Wildman–Crippen LogP) is 3.59. The molecule has 168 valence electrons. The van der Waals surface area contributed by atoms with E-state index in [-0.39, 0.29) is 36.3 Å².